The third-order valence-electron chi connectivity index (χ3n) is 3.36. The maximum Gasteiger partial charge on any atom is 0.180 e. The van der Waals surface area contributed by atoms with Gasteiger partial charge >= 0.3 is 0 Å². The second-order valence-electron chi connectivity index (χ2n) is 4.34. The van der Waals surface area contributed by atoms with E-state index in [-0.39, 0.29) is 0 Å². The number of fused-ring (bicyclic) bond motifs is 2. The minimum Gasteiger partial charge on any atom is -0.339 e. The fourth-order valence-electron chi connectivity index (χ4n) is 2.45. The molecule has 1 unspecified atom stereocenters. The summed E-state index contributed by atoms with van der Waals surface area (Å²) in [5.74, 6) is 1.39. The van der Waals surface area contributed by atoms with Gasteiger partial charge in [0.05, 0.1) is 6.20 Å². The van der Waals surface area contributed by atoms with Crippen molar-refractivity contribution in [2.24, 2.45) is 0 Å². The first-order valence-corrected chi connectivity index (χ1v) is 5.65. The van der Waals surface area contributed by atoms with Crippen LogP contribution < -0.4 is 0 Å². The number of hydrogen-bond donors (Lipinski definition) is 1. The Labute approximate surface area is 97.8 Å². The van der Waals surface area contributed by atoms with Gasteiger partial charge in [-0.2, -0.15) is 0 Å². The molecule has 0 radical (unpaired) electrons. The van der Waals surface area contributed by atoms with Crippen LogP contribution in [-0.2, 0) is 6.42 Å². The molecule has 82 valence electrons. The highest BCUT2D eigenvalue weighted by molar-refractivity contribution is 5.69. The first kappa shape index (κ1) is 8.87. The van der Waals surface area contributed by atoms with Gasteiger partial charge < -0.3 is 4.98 Å². The lowest BCUT2D eigenvalue weighted by Gasteiger charge is -2.28. The van der Waals surface area contributed by atoms with Gasteiger partial charge in [0, 0.05) is 5.92 Å². The van der Waals surface area contributed by atoms with Gasteiger partial charge in [-0.15, -0.1) is 0 Å². The van der Waals surface area contributed by atoms with Crippen LogP contribution in [0, 0.1) is 0 Å². The minimum atomic E-state index is 0.389. The lowest BCUT2D eigenvalue weighted by molar-refractivity contribution is 0.671. The first-order valence-electron chi connectivity index (χ1n) is 5.65. The molecule has 0 saturated carbocycles. The van der Waals surface area contributed by atoms with E-state index in [1.54, 1.807) is 6.20 Å². The molecule has 1 aliphatic carbocycles. The number of H-pyrrole nitrogens is 1. The molecule has 0 aliphatic heterocycles. The summed E-state index contributed by atoms with van der Waals surface area (Å²) in [7, 11) is 0. The van der Waals surface area contributed by atoms with Gasteiger partial charge in [-0.05, 0) is 17.5 Å². The smallest absolute Gasteiger partial charge is 0.180 e. The standard InChI is InChI=1S/C13H10N4/c1-2-4-9-8(3-1)5-10(9)12-16-11-6-14-7-15-13(11)17-12/h1-4,6-7,10H,5H2,(H,14,15,16,17). The number of imidazole rings is 1. The summed E-state index contributed by atoms with van der Waals surface area (Å²) in [4.78, 5) is 16.0. The van der Waals surface area contributed by atoms with Crippen LogP contribution >= 0.6 is 0 Å². The summed E-state index contributed by atoms with van der Waals surface area (Å²) < 4.78 is 0. The highest BCUT2D eigenvalue weighted by Gasteiger charge is 2.29. The Hall–Kier alpha value is -2.23. The number of nitrogens with zero attached hydrogens (tertiary/aromatic N) is 3. The van der Waals surface area contributed by atoms with E-state index in [0.717, 1.165) is 23.4 Å². The van der Waals surface area contributed by atoms with E-state index in [0.29, 0.717) is 5.92 Å². The summed E-state index contributed by atoms with van der Waals surface area (Å²) in [5, 5.41) is 0. The molecule has 2 aromatic heterocycles. The molecule has 0 spiro atoms. The minimum absolute atomic E-state index is 0.389. The predicted octanol–water partition coefficient (Wildman–Crippen LogP) is 2.04. The molecule has 1 aromatic carbocycles. The number of aromatic nitrogens is 4. The van der Waals surface area contributed by atoms with Crippen LogP contribution in [-0.4, -0.2) is 19.9 Å². The van der Waals surface area contributed by atoms with Crippen molar-refractivity contribution in [3.63, 3.8) is 0 Å². The Morgan fingerprint density at radius 3 is 3.06 bits per heavy atom. The van der Waals surface area contributed by atoms with Crippen LogP contribution in [0.4, 0.5) is 0 Å². The predicted molar refractivity (Wildman–Crippen MR) is 63.7 cm³/mol. The van der Waals surface area contributed by atoms with Crippen molar-refractivity contribution in [1.29, 1.82) is 0 Å². The van der Waals surface area contributed by atoms with E-state index in [9.17, 15) is 0 Å². The molecule has 1 atom stereocenters. The maximum atomic E-state index is 4.53. The molecule has 1 N–H and O–H groups in total. The van der Waals surface area contributed by atoms with Crippen molar-refractivity contribution in [1.82, 2.24) is 19.9 Å². The van der Waals surface area contributed by atoms with Gasteiger partial charge in [-0.25, -0.2) is 15.0 Å². The first-order chi connectivity index (χ1) is 8.42. The lowest BCUT2D eigenvalue weighted by Crippen LogP contribution is -2.19. The summed E-state index contributed by atoms with van der Waals surface area (Å²) in [6.45, 7) is 0. The van der Waals surface area contributed by atoms with Crippen LogP contribution in [0.2, 0.25) is 0 Å². The monoisotopic (exact) mass is 222 g/mol. The molecule has 3 aromatic rings. The van der Waals surface area contributed by atoms with Crippen molar-refractivity contribution in [2.75, 3.05) is 0 Å². The Bertz CT molecular complexity index is 668. The van der Waals surface area contributed by atoms with Crippen LogP contribution in [0.5, 0.6) is 0 Å². The molecular weight excluding hydrogens is 212 g/mol. The second-order valence-corrected chi connectivity index (χ2v) is 4.34. The molecule has 4 heteroatoms. The largest absolute Gasteiger partial charge is 0.339 e. The van der Waals surface area contributed by atoms with Gasteiger partial charge in [-0.1, -0.05) is 24.3 Å². The Morgan fingerprint density at radius 1 is 1.24 bits per heavy atom. The van der Waals surface area contributed by atoms with Gasteiger partial charge in [0.2, 0.25) is 0 Å². The molecular formula is C13H10N4. The Morgan fingerprint density at radius 2 is 2.18 bits per heavy atom. The van der Waals surface area contributed by atoms with Gasteiger partial charge in [0.25, 0.3) is 0 Å². The molecule has 17 heavy (non-hydrogen) atoms. The van der Waals surface area contributed by atoms with E-state index in [1.807, 2.05) is 0 Å². The molecule has 2 heterocycles. The third-order valence-corrected chi connectivity index (χ3v) is 3.36. The zero-order chi connectivity index (χ0) is 11.2. The number of nitrogens with one attached hydrogen (secondary N) is 1. The zero-order valence-electron chi connectivity index (χ0n) is 9.09. The molecule has 0 bridgehead atoms. The van der Waals surface area contributed by atoms with Crippen molar-refractivity contribution in [2.45, 2.75) is 12.3 Å². The highest BCUT2D eigenvalue weighted by atomic mass is 15.0. The van der Waals surface area contributed by atoms with Gasteiger partial charge in [0.1, 0.15) is 17.7 Å². The number of benzene rings is 1. The molecule has 4 rings (SSSR count). The molecule has 4 nitrogen and oxygen atoms in total. The maximum absolute atomic E-state index is 4.53. The average Bonchev–Trinajstić information content (AvgIpc) is 2.73. The SMILES string of the molecule is c1ccc2c(c1)CC2c1nc2ncncc2[nH]1. The zero-order valence-corrected chi connectivity index (χ0v) is 9.09. The van der Waals surface area contributed by atoms with Crippen LogP contribution in [0.25, 0.3) is 11.2 Å². The van der Waals surface area contributed by atoms with Crippen LogP contribution in [0.1, 0.15) is 22.9 Å². The number of rotatable bonds is 1. The fraction of sp³-hybridized carbons (Fsp3) is 0.154. The number of hydrogen-bond acceptors (Lipinski definition) is 3. The number of aromatic amines is 1. The van der Waals surface area contributed by atoms with E-state index >= 15 is 0 Å². The topological polar surface area (TPSA) is 54.5 Å². The normalized spacial score (nSPS) is 17.8. The van der Waals surface area contributed by atoms with Crippen LogP contribution in [0.15, 0.2) is 36.8 Å². The molecule has 0 amide bonds. The van der Waals surface area contributed by atoms with Crippen molar-refractivity contribution < 1.29 is 0 Å². The summed E-state index contributed by atoms with van der Waals surface area (Å²) in [5.41, 5.74) is 4.45. The second kappa shape index (κ2) is 3.13. The van der Waals surface area contributed by atoms with Crippen LogP contribution in [0.3, 0.4) is 0 Å². The van der Waals surface area contributed by atoms with E-state index < -0.39 is 0 Å². The van der Waals surface area contributed by atoms with Gasteiger partial charge in [0.15, 0.2) is 5.65 Å². The Kier molecular flexibility index (Phi) is 1.63. The van der Waals surface area contributed by atoms with E-state index in [4.69, 9.17) is 0 Å². The van der Waals surface area contributed by atoms with E-state index in [1.165, 1.54) is 17.5 Å². The summed E-state index contributed by atoms with van der Waals surface area (Å²) in [6.07, 6.45) is 4.36. The summed E-state index contributed by atoms with van der Waals surface area (Å²) in [6, 6.07) is 8.50. The highest BCUT2D eigenvalue weighted by Crippen LogP contribution is 2.38. The van der Waals surface area contributed by atoms with Crippen molar-refractivity contribution >= 4 is 11.2 Å². The Balaban J connectivity index is 1.82. The fourth-order valence-corrected chi connectivity index (χ4v) is 2.45. The molecule has 0 saturated heterocycles. The lowest BCUT2D eigenvalue weighted by atomic mass is 9.77. The van der Waals surface area contributed by atoms with Crippen molar-refractivity contribution in [3.8, 4) is 0 Å². The van der Waals surface area contributed by atoms with Crippen molar-refractivity contribution in [3.05, 3.63) is 53.7 Å². The summed E-state index contributed by atoms with van der Waals surface area (Å²) >= 11 is 0. The molecule has 1 aliphatic rings. The molecule has 0 fully saturated rings. The van der Waals surface area contributed by atoms with Gasteiger partial charge in [-0.3, -0.25) is 0 Å². The third kappa shape index (κ3) is 1.21. The van der Waals surface area contributed by atoms with E-state index in [2.05, 4.69) is 44.2 Å². The quantitative estimate of drug-likeness (QED) is 0.685. The average molecular weight is 222 g/mol.